The highest BCUT2D eigenvalue weighted by molar-refractivity contribution is 9.11. The van der Waals surface area contributed by atoms with E-state index < -0.39 is 6.03 Å². The average molecular weight is 362 g/mol. The number of carbonyl (C=O) groups excluding carboxylic acids is 1. The van der Waals surface area contributed by atoms with Crippen LogP contribution in [0.4, 0.5) is 10.5 Å². The van der Waals surface area contributed by atoms with E-state index in [1.54, 1.807) is 12.1 Å². The second-order valence-electron chi connectivity index (χ2n) is 3.01. The molecule has 88 valence electrons. The Bertz CT molecular complexity index is 555. The van der Waals surface area contributed by atoms with Gasteiger partial charge in [-0.25, -0.2) is 4.79 Å². The van der Waals surface area contributed by atoms with E-state index >= 15 is 0 Å². The Morgan fingerprint density at radius 3 is 2.76 bits per heavy atom. The highest BCUT2D eigenvalue weighted by atomic mass is 79.9. The SMILES string of the molecule is NC(=O)Nc1c(Br)ccc(-c2nn[nH]n2)c1Br. The molecule has 0 spiro atoms. The topological polar surface area (TPSA) is 110 Å². The van der Waals surface area contributed by atoms with E-state index in [-0.39, 0.29) is 0 Å². The molecule has 1 aromatic heterocycles. The molecule has 17 heavy (non-hydrogen) atoms. The summed E-state index contributed by atoms with van der Waals surface area (Å²) in [6, 6.07) is 2.88. The molecule has 0 saturated carbocycles. The normalized spacial score (nSPS) is 10.2. The van der Waals surface area contributed by atoms with Gasteiger partial charge in [0.05, 0.1) is 10.2 Å². The first-order chi connectivity index (χ1) is 8.09. The molecule has 1 aromatic carbocycles. The number of halogens is 2. The molecule has 0 radical (unpaired) electrons. The molecule has 0 aliphatic carbocycles. The monoisotopic (exact) mass is 360 g/mol. The first-order valence-electron chi connectivity index (χ1n) is 4.38. The first kappa shape index (κ1) is 12.0. The van der Waals surface area contributed by atoms with Crippen LogP contribution in [-0.4, -0.2) is 26.7 Å². The van der Waals surface area contributed by atoms with Gasteiger partial charge in [-0.15, -0.1) is 10.2 Å². The number of carbonyl (C=O) groups is 1. The van der Waals surface area contributed by atoms with Crippen molar-refractivity contribution in [3.8, 4) is 11.4 Å². The van der Waals surface area contributed by atoms with Crippen LogP contribution in [0.1, 0.15) is 0 Å². The minimum Gasteiger partial charge on any atom is -0.351 e. The quantitative estimate of drug-likeness (QED) is 0.758. The van der Waals surface area contributed by atoms with Crippen molar-refractivity contribution >= 4 is 43.6 Å². The molecule has 0 fully saturated rings. The van der Waals surface area contributed by atoms with Gasteiger partial charge in [-0.2, -0.15) is 5.21 Å². The Labute approximate surface area is 112 Å². The van der Waals surface area contributed by atoms with Gasteiger partial charge in [0.15, 0.2) is 0 Å². The van der Waals surface area contributed by atoms with Crippen LogP contribution in [0.15, 0.2) is 21.1 Å². The fraction of sp³-hybridized carbons (Fsp3) is 0. The van der Waals surface area contributed by atoms with Gasteiger partial charge < -0.3 is 11.1 Å². The van der Waals surface area contributed by atoms with Crippen molar-refractivity contribution in [1.29, 1.82) is 0 Å². The van der Waals surface area contributed by atoms with E-state index in [9.17, 15) is 4.79 Å². The van der Waals surface area contributed by atoms with E-state index in [2.05, 4.69) is 57.8 Å². The molecule has 0 aliphatic rings. The molecule has 0 aliphatic heterocycles. The van der Waals surface area contributed by atoms with Crippen LogP contribution in [0.25, 0.3) is 11.4 Å². The summed E-state index contributed by atoms with van der Waals surface area (Å²) >= 11 is 6.67. The minimum absolute atomic E-state index is 0.414. The maximum Gasteiger partial charge on any atom is 0.316 e. The van der Waals surface area contributed by atoms with Crippen LogP contribution in [0.3, 0.4) is 0 Å². The molecule has 2 rings (SSSR count). The summed E-state index contributed by atoms with van der Waals surface area (Å²) in [7, 11) is 0. The van der Waals surface area contributed by atoms with Gasteiger partial charge in [-0.05, 0) is 49.2 Å². The molecular weight excluding hydrogens is 356 g/mol. The van der Waals surface area contributed by atoms with Crippen molar-refractivity contribution in [2.24, 2.45) is 5.73 Å². The second kappa shape index (κ2) is 4.80. The first-order valence-corrected chi connectivity index (χ1v) is 5.96. The number of amides is 2. The van der Waals surface area contributed by atoms with Gasteiger partial charge in [-0.1, -0.05) is 0 Å². The number of aromatic amines is 1. The molecule has 9 heteroatoms. The van der Waals surface area contributed by atoms with Crippen LogP contribution < -0.4 is 11.1 Å². The Balaban J connectivity index is 2.53. The molecule has 0 unspecified atom stereocenters. The number of tetrazole rings is 1. The van der Waals surface area contributed by atoms with E-state index in [1.807, 2.05) is 0 Å². The highest BCUT2D eigenvalue weighted by Crippen LogP contribution is 2.37. The van der Waals surface area contributed by atoms with Crippen LogP contribution in [0.5, 0.6) is 0 Å². The number of urea groups is 1. The third kappa shape index (κ3) is 2.44. The van der Waals surface area contributed by atoms with Crippen LogP contribution >= 0.6 is 31.9 Å². The lowest BCUT2D eigenvalue weighted by Crippen LogP contribution is -2.20. The Kier molecular flexibility index (Phi) is 3.38. The molecule has 0 saturated heterocycles. The maximum atomic E-state index is 10.9. The number of primary amides is 1. The zero-order valence-electron chi connectivity index (χ0n) is 8.24. The summed E-state index contributed by atoms with van der Waals surface area (Å²) in [4.78, 5) is 10.9. The van der Waals surface area contributed by atoms with Crippen molar-refractivity contribution < 1.29 is 4.79 Å². The Morgan fingerprint density at radius 1 is 1.41 bits per heavy atom. The number of nitrogens with two attached hydrogens (primary N) is 1. The largest absolute Gasteiger partial charge is 0.351 e. The van der Waals surface area contributed by atoms with Crippen LogP contribution in [0, 0.1) is 0 Å². The van der Waals surface area contributed by atoms with Gasteiger partial charge in [0.25, 0.3) is 0 Å². The summed E-state index contributed by atoms with van der Waals surface area (Å²) in [6.07, 6.45) is 0. The Hall–Kier alpha value is -1.48. The minimum atomic E-state index is -0.656. The number of H-pyrrole nitrogens is 1. The summed E-state index contributed by atoms with van der Waals surface area (Å²) in [5.41, 5.74) is 6.29. The number of nitrogens with zero attached hydrogens (tertiary/aromatic N) is 3. The van der Waals surface area contributed by atoms with Crippen LogP contribution in [-0.2, 0) is 0 Å². The maximum absolute atomic E-state index is 10.9. The third-order valence-corrected chi connectivity index (χ3v) is 3.41. The van der Waals surface area contributed by atoms with Gasteiger partial charge in [-0.3, -0.25) is 0 Å². The number of benzene rings is 1. The number of aromatic nitrogens is 4. The van der Waals surface area contributed by atoms with E-state index in [4.69, 9.17) is 5.73 Å². The second-order valence-corrected chi connectivity index (χ2v) is 4.66. The number of nitrogens with one attached hydrogen (secondary N) is 2. The standard InChI is InChI=1S/C8H6Br2N6O/c9-4-2-1-3(7-13-15-16-14-7)5(10)6(4)12-8(11)17/h1-2H,(H3,11,12,17)(H,13,14,15,16). The molecule has 1 heterocycles. The molecule has 2 aromatic rings. The van der Waals surface area contributed by atoms with Gasteiger partial charge in [0.2, 0.25) is 5.82 Å². The molecule has 2 amide bonds. The lowest BCUT2D eigenvalue weighted by molar-refractivity contribution is 0.259. The number of hydrogen-bond donors (Lipinski definition) is 3. The molecular formula is C8H6Br2N6O. The Morgan fingerprint density at radius 2 is 2.18 bits per heavy atom. The predicted octanol–water partition coefficient (Wildman–Crippen LogP) is 1.88. The smallest absolute Gasteiger partial charge is 0.316 e. The van der Waals surface area contributed by atoms with Gasteiger partial charge >= 0.3 is 6.03 Å². The molecule has 0 bridgehead atoms. The lowest BCUT2D eigenvalue weighted by Gasteiger charge is -2.09. The van der Waals surface area contributed by atoms with Crippen molar-refractivity contribution in [1.82, 2.24) is 20.6 Å². The zero-order chi connectivity index (χ0) is 12.4. The summed E-state index contributed by atoms with van der Waals surface area (Å²) in [6.45, 7) is 0. The van der Waals surface area contributed by atoms with Crippen LogP contribution in [0.2, 0.25) is 0 Å². The lowest BCUT2D eigenvalue weighted by atomic mass is 10.2. The summed E-state index contributed by atoms with van der Waals surface area (Å²) in [5.74, 6) is 0.414. The molecule has 7 nitrogen and oxygen atoms in total. The van der Waals surface area contributed by atoms with E-state index in [1.165, 1.54) is 0 Å². The number of rotatable bonds is 2. The average Bonchev–Trinajstić information content (AvgIpc) is 2.77. The predicted molar refractivity (Wildman–Crippen MR) is 68.2 cm³/mol. The zero-order valence-corrected chi connectivity index (χ0v) is 11.4. The van der Waals surface area contributed by atoms with Crippen molar-refractivity contribution in [2.45, 2.75) is 0 Å². The molecule has 4 N–H and O–H groups in total. The third-order valence-electron chi connectivity index (χ3n) is 1.93. The van der Waals surface area contributed by atoms with Crippen molar-refractivity contribution in [3.63, 3.8) is 0 Å². The van der Waals surface area contributed by atoms with Crippen molar-refractivity contribution in [2.75, 3.05) is 5.32 Å². The fourth-order valence-electron chi connectivity index (χ4n) is 1.24. The van der Waals surface area contributed by atoms with Gasteiger partial charge in [0.1, 0.15) is 0 Å². The fourth-order valence-corrected chi connectivity index (χ4v) is 2.56. The van der Waals surface area contributed by atoms with Crippen molar-refractivity contribution in [3.05, 3.63) is 21.1 Å². The summed E-state index contributed by atoms with van der Waals surface area (Å²) in [5, 5.41) is 16.1. The number of anilines is 1. The van der Waals surface area contributed by atoms with E-state index in [0.717, 1.165) is 0 Å². The van der Waals surface area contributed by atoms with E-state index in [0.29, 0.717) is 26.0 Å². The summed E-state index contributed by atoms with van der Waals surface area (Å²) < 4.78 is 1.31. The highest BCUT2D eigenvalue weighted by Gasteiger charge is 2.15. The van der Waals surface area contributed by atoms with Gasteiger partial charge in [0, 0.05) is 10.0 Å². The number of hydrogen-bond acceptors (Lipinski definition) is 4. The molecule has 0 atom stereocenters.